The SMILES string of the molecule is Cc1ccc(-c2c3c(c(-c4ccc(C)cc4)n4c5ccc(C(F)(F)F)cc5nc34)c3nc4cc(C)ccc4n23)cc1. The Morgan fingerprint density at radius 2 is 0.976 bits per heavy atom. The van der Waals surface area contributed by atoms with Crippen LogP contribution in [0.15, 0.2) is 84.9 Å². The maximum absolute atomic E-state index is 13.7. The first-order valence-corrected chi connectivity index (χ1v) is 13.4. The highest BCUT2D eigenvalue weighted by atomic mass is 19.4. The quantitative estimate of drug-likeness (QED) is 0.217. The second-order valence-electron chi connectivity index (χ2n) is 10.9. The van der Waals surface area contributed by atoms with Gasteiger partial charge >= 0.3 is 6.18 Å². The molecule has 0 saturated carbocycles. The van der Waals surface area contributed by atoms with E-state index < -0.39 is 11.7 Å². The van der Waals surface area contributed by atoms with Gasteiger partial charge in [-0.3, -0.25) is 8.80 Å². The van der Waals surface area contributed by atoms with E-state index in [1.165, 1.54) is 6.07 Å². The minimum atomic E-state index is -4.46. The van der Waals surface area contributed by atoms with Crippen molar-refractivity contribution in [3.05, 3.63) is 107 Å². The molecule has 0 radical (unpaired) electrons. The predicted octanol–water partition coefficient (Wildman–Crippen LogP) is 9.16. The summed E-state index contributed by atoms with van der Waals surface area (Å²) in [7, 11) is 0. The number of aromatic nitrogens is 4. The third-order valence-corrected chi connectivity index (χ3v) is 8.06. The Labute approximate surface area is 232 Å². The molecule has 7 heteroatoms. The van der Waals surface area contributed by atoms with E-state index in [2.05, 4.69) is 65.9 Å². The van der Waals surface area contributed by atoms with E-state index in [0.717, 1.165) is 78.8 Å². The standard InChI is InChI=1S/C34H23F3N4/c1-18-4-9-21(10-5-18)30-29-28(32-38-24-16-20(3)8-14-26(24)40(30)32)31(22-11-6-19(2)7-12-22)41-27-15-13-23(34(35,36)37)17-25(27)39-33(29)41/h4-17H,1-3H3. The number of halogens is 3. The third-order valence-electron chi connectivity index (χ3n) is 8.06. The van der Waals surface area contributed by atoms with Crippen LogP contribution >= 0.6 is 0 Å². The van der Waals surface area contributed by atoms with Crippen LogP contribution in [-0.4, -0.2) is 18.8 Å². The molecular formula is C34H23F3N4. The number of imidazole rings is 2. The Morgan fingerprint density at radius 3 is 1.46 bits per heavy atom. The summed E-state index contributed by atoms with van der Waals surface area (Å²) in [4.78, 5) is 10.0. The minimum absolute atomic E-state index is 0.305. The molecule has 0 aliphatic rings. The Morgan fingerprint density at radius 1 is 0.537 bits per heavy atom. The number of nitrogens with zero attached hydrogens (tertiary/aromatic N) is 4. The summed E-state index contributed by atoms with van der Waals surface area (Å²) in [6, 6.07) is 26.6. The Hall–Kier alpha value is -4.91. The highest BCUT2D eigenvalue weighted by molar-refractivity contribution is 6.22. The van der Waals surface area contributed by atoms with Gasteiger partial charge in [0.25, 0.3) is 0 Å². The lowest BCUT2D eigenvalue weighted by atomic mass is 10.0. The van der Waals surface area contributed by atoms with Gasteiger partial charge in [0.05, 0.1) is 49.8 Å². The van der Waals surface area contributed by atoms with Crippen molar-refractivity contribution in [2.45, 2.75) is 26.9 Å². The second kappa shape index (κ2) is 8.07. The van der Waals surface area contributed by atoms with Crippen molar-refractivity contribution >= 4 is 44.1 Å². The molecule has 8 rings (SSSR count). The van der Waals surface area contributed by atoms with E-state index >= 15 is 0 Å². The summed E-state index contributed by atoms with van der Waals surface area (Å²) in [6.07, 6.45) is -4.46. The van der Waals surface area contributed by atoms with E-state index in [0.29, 0.717) is 16.7 Å². The molecule has 0 N–H and O–H groups in total. The zero-order chi connectivity index (χ0) is 28.2. The molecule has 4 heterocycles. The van der Waals surface area contributed by atoms with Gasteiger partial charge in [-0.05, 0) is 67.8 Å². The normalized spacial score (nSPS) is 12.6. The minimum Gasteiger partial charge on any atom is -0.291 e. The van der Waals surface area contributed by atoms with Gasteiger partial charge in [-0.25, -0.2) is 9.97 Å². The molecule has 200 valence electrons. The first-order valence-electron chi connectivity index (χ1n) is 13.4. The summed E-state index contributed by atoms with van der Waals surface area (Å²) in [5, 5.41) is 1.81. The van der Waals surface area contributed by atoms with Crippen molar-refractivity contribution in [3.63, 3.8) is 0 Å². The van der Waals surface area contributed by atoms with Crippen molar-refractivity contribution < 1.29 is 13.2 Å². The zero-order valence-corrected chi connectivity index (χ0v) is 22.5. The van der Waals surface area contributed by atoms with E-state index in [1.54, 1.807) is 0 Å². The molecular weight excluding hydrogens is 521 g/mol. The number of alkyl halides is 3. The van der Waals surface area contributed by atoms with Crippen LogP contribution in [0.4, 0.5) is 13.2 Å². The molecule has 0 spiro atoms. The van der Waals surface area contributed by atoms with Gasteiger partial charge in [0.15, 0.2) is 0 Å². The fourth-order valence-corrected chi connectivity index (χ4v) is 6.10. The molecule has 4 aromatic heterocycles. The Balaban J connectivity index is 1.63. The second-order valence-corrected chi connectivity index (χ2v) is 10.9. The number of rotatable bonds is 2. The highest BCUT2D eigenvalue weighted by Crippen LogP contribution is 2.46. The number of hydrogen-bond donors (Lipinski definition) is 0. The molecule has 8 aromatic rings. The van der Waals surface area contributed by atoms with Crippen LogP contribution in [0, 0.1) is 20.8 Å². The smallest absolute Gasteiger partial charge is 0.291 e. The molecule has 0 bridgehead atoms. The summed E-state index contributed by atoms with van der Waals surface area (Å²) in [5.41, 5.74) is 10.6. The molecule has 0 aliphatic carbocycles. The first kappa shape index (κ1) is 23.9. The summed E-state index contributed by atoms with van der Waals surface area (Å²) in [5.74, 6) is 0. The van der Waals surface area contributed by atoms with Crippen molar-refractivity contribution in [1.82, 2.24) is 18.8 Å². The molecule has 0 amide bonds. The van der Waals surface area contributed by atoms with Crippen molar-refractivity contribution in [3.8, 4) is 22.5 Å². The number of fused-ring (bicyclic) bond motifs is 9. The van der Waals surface area contributed by atoms with Crippen LogP contribution in [0.25, 0.3) is 66.6 Å². The zero-order valence-electron chi connectivity index (χ0n) is 22.5. The van der Waals surface area contributed by atoms with E-state index in [9.17, 15) is 13.2 Å². The molecule has 4 nitrogen and oxygen atoms in total. The van der Waals surface area contributed by atoms with Crippen LogP contribution in [0.3, 0.4) is 0 Å². The molecule has 0 fully saturated rings. The lowest BCUT2D eigenvalue weighted by molar-refractivity contribution is -0.137. The predicted molar refractivity (Wildman–Crippen MR) is 158 cm³/mol. The lowest BCUT2D eigenvalue weighted by Gasteiger charge is -2.07. The number of benzene rings is 4. The Kier molecular flexibility index (Phi) is 4.71. The van der Waals surface area contributed by atoms with Gasteiger partial charge in [0.2, 0.25) is 0 Å². The van der Waals surface area contributed by atoms with E-state index in [4.69, 9.17) is 9.97 Å². The molecule has 0 aliphatic heterocycles. The average Bonchev–Trinajstić information content (AvgIpc) is 3.65. The average molecular weight is 545 g/mol. The van der Waals surface area contributed by atoms with Gasteiger partial charge in [-0.1, -0.05) is 65.7 Å². The molecule has 0 unspecified atom stereocenters. The topological polar surface area (TPSA) is 34.6 Å². The largest absolute Gasteiger partial charge is 0.416 e. The monoisotopic (exact) mass is 544 g/mol. The van der Waals surface area contributed by atoms with Gasteiger partial charge < -0.3 is 0 Å². The fourth-order valence-electron chi connectivity index (χ4n) is 6.10. The van der Waals surface area contributed by atoms with E-state index in [-0.39, 0.29) is 0 Å². The van der Waals surface area contributed by atoms with Crippen LogP contribution in [-0.2, 0) is 6.18 Å². The Bertz CT molecular complexity index is 2310. The van der Waals surface area contributed by atoms with Gasteiger partial charge in [-0.2, -0.15) is 13.2 Å². The third kappa shape index (κ3) is 3.35. The lowest BCUT2D eigenvalue weighted by Crippen LogP contribution is -2.04. The van der Waals surface area contributed by atoms with Crippen molar-refractivity contribution in [1.29, 1.82) is 0 Å². The van der Waals surface area contributed by atoms with Crippen molar-refractivity contribution in [2.75, 3.05) is 0 Å². The summed E-state index contributed by atoms with van der Waals surface area (Å²) in [6.45, 7) is 6.13. The summed E-state index contributed by atoms with van der Waals surface area (Å²) < 4.78 is 45.2. The van der Waals surface area contributed by atoms with E-state index in [1.807, 2.05) is 30.4 Å². The molecule has 0 atom stereocenters. The number of aryl methyl sites for hydroxylation is 3. The fraction of sp³-hybridized carbons (Fsp3) is 0.118. The van der Waals surface area contributed by atoms with Crippen LogP contribution in [0.5, 0.6) is 0 Å². The highest BCUT2D eigenvalue weighted by Gasteiger charge is 2.33. The van der Waals surface area contributed by atoms with Crippen LogP contribution in [0.1, 0.15) is 22.3 Å². The van der Waals surface area contributed by atoms with Crippen LogP contribution < -0.4 is 0 Å². The summed E-state index contributed by atoms with van der Waals surface area (Å²) >= 11 is 0. The maximum Gasteiger partial charge on any atom is 0.416 e. The van der Waals surface area contributed by atoms with Crippen molar-refractivity contribution in [2.24, 2.45) is 0 Å². The number of hydrogen-bond acceptors (Lipinski definition) is 2. The van der Waals surface area contributed by atoms with Gasteiger partial charge in [0, 0.05) is 0 Å². The van der Waals surface area contributed by atoms with Gasteiger partial charge in [0.1, 0.15) is 11.3 Å². The first-order chi connectivity index (χ1) is 19.7. The maximum atomic E-state index is 13.7. The van der Waals surface area contributed by atoms with Crippen LogP contribution in [0.2, 0.25) is 0 Å². The molecule has 41 heavy (non-hydrogen) atoms. The molecule has 0 saturated heterocycles. The van der Waals surface area contributed by atoms with Gasteiger partial charge in [-0.15, -0.1) is 0 Å². The molecule has 4 aromatic carbocycles.